The Morgan fingerprint density at radius 3 is 2.53 bits per heavy atom. The molecule has 0 unspecified atom stereocenters. The number of rotatable bonds is 3. The Bertz CT molecular complexity index is 437. The van der Waals surface area contributed by atoms with Crippen molar-refractivity contribution in [3.05, 3.63) is 33.8 Å². The van der Waals surface area contributed by atoms with E-state index in [1.54, 1.807) is 0 Å². The molecule has 2 fully saturated rings. The molecular weight excluding hydrogens is 302 g/mol. The third-order valence-corrected chi connectivity index (χ3v) is 5.18. The van der Waals surface area contributed by atoms with Gasteiger partial charge in [-0.1, -0.05) is 28.1 Å². The first-order chi connectivity index (χ1) is 9.22. The molecule has 0 atom stereocenters. The molecule has 0 amide bonds. The van der Waals surface area contributed by atoms with Crippen LogP contribution in [0.1, 0.15) is 11.1 Å². The molecule has 0 spiro atoms. The summed E-state index contributed by atoms with van der Waals surface area (Å²) >= 11 is 3.62. The highest BCUT2D eigenvalue weighted by molar-refractivity contribution is 9.10. The van der Waals surface area contributed by atoms with E-state index in [1.807, 2.05) is 0 Å². The van der Waals surface area contributed by atoms with Crippen molar-refractivity contribution < 1.29 is 0 Å². The molecular formula is C15H22BrN3. The molecule has 2 saturated heterocycles. The molecule has 0 aromatic heterocycles. The van der Waals surface area contributed by atoms with Crippen molar-refractivity contribution in [1.82, 2.24) is 15.1 Å². The Labute approximate surface area is 124 Å². The van der Waals surface area contributed by atoms with E-state index >= 15 is 0 Å². The van der Waals surface area contributed by atoms with Gasteiger partial charge in [-0.2, -0.15) is 0 Å². The first-order valence-electron chi connectivity index (χ1n) is 7.14. The summed E-state index contributed by atoms with van der Waals surface area (Å²) in [6.07, 6.45) is 0. The van der Waals surface area contributed by atoms with E-state index in [4.69, 9.17) is 0 Å². The lowest BCUT2D eigenvalue weighted by Gasteiger charge is -2.43. The largest absolute Gasteiger partial charge is 0.314 e. The first kappa shape index (κ1) is 13.6. The van der Waals surface area contributed by atoms with Crippen molar-refractivity contribution in [3.8, 4) is 0 Å². The number of nitrogens with zero attached hydrogens (tertiary/aromatic N) is 2. The van der Waals surface area contributed by atoms with Crippen LogP contribution in [0.4, 0.5) is 0 Å². The fraction of sp³-hybridized carbons (Fsp3) is 0.600. The normalized spacial score (nSPS) is 22.4. The predicted molar refractivity (Wildman–Crippen MR) is 82.4 cm³/mol. The number of benzene rings is 1. The van der Waals surface area contributed by atoms with E-state index in [0.717, 1.165) is 12.6 Å². The van der Waals surface area contributed by atoms with Gasteiger partial charge in [0.05, 0.1) is 0 Å². The molecule has 3 rings (SSSR count). The second kappa shape index (κ2) is 5.92. The third-order valence-electron chi connectivity index (χ3n) is 4.33. The lowest BCUT2D eigenvalue weighted by Crippen LogP contribution is -2.61. The van der Waals surface area contributed by atoms with Crippen LogP contribution in [0.25, 0.3) is 0 Å². The molecule has 0 bridgehead atoms. The van der Waals surface area contributed by atoms with Crippen LogP contribution < -0.4 is 5.32 Å². The van der Waals surface area contributed by atoms with Gasteiger partial charge in [-0.25, -0.2) is 0 Å². The van der Waals surface area contributed by atoms with Crippen LogP contribution in [0.5, 0.6) is 0 Å². The second-order valence-corrected chi connectivity index (χ2v) is 6.56. The van der Waals surface area contributed by atoms with Crippen LogP contribution in [-0.4, -0.2) is 55.1 Å². The molecule has 19 heavy (non-hydrogen) atoms. The van der Waals surface area contributed by atoms with Crippen molar-refractivity contribution in [2.75, 3.05) is 39.3 Å². The van der Waals surface area contributed by atoms with Gasteiger partial charge in [-0.05, 0) is 24.1 Å². The minimum atomic E-state index is 0.802. The Kier molecular flexibility index (Phi) is 4.22. The molecule has 1 aromatic carbocycles. The molecule has 0 saturated carbocycles. The third kappa shape index (κ3) is 3.19. The maximum atomic E-state index is 3.62. The fourth-order valence-corrected chi connectivity index (χ4v) is 3.24. The molecule has 0 aliphatic carbocycles. The molecule has 0 radical (unpaired) electrons. The zero-order valence-electron chi connectivity index (χ0n) is 11.5. The van der Waals surface area contributed by atoms with Gasteiger partial charge in [-0.15, -0.1) is 0 Å². The smallest absolute Gasteiger partial charge is 0.0346 e. The van der Waals surface area contributed by atoms with Gasteiger partial charge in [-0.3, -0.25) is 9.80 Å². The summed E-state index contributed by atoms with van der Waals surface area (Å²) in [5.41, 5.74) is 2.72. The number of hydrogen-bond acceptors (Lipinski definition) is 3. The van der Waals surface area contributed by atoms with Gasteiger partial charge in [0, 0.05) is 56.3 Å². The van der Waals surface area contributed by atoms with E-state index in [1.165, 1.54) is 54.9 Å². The maximum Gasteiger partial charge on any atom is 0.0346 e. The van der Waals surface area contributed by atoms with E-state index < -0.39 is 0 Å². The zero-order valence-corrected chi connectivity index (χ0v) is 13.1. The molecule has 104 valence electrons. The molecule has 2 aliphatic rings. The zero-order chi connectivity index (χ0) is 13.2. The predicted octanol–water partition coefficient (Wildman–Crippen LogP) is 1.85. The van der Waals surface area contributed by atoms with Crippen molar-refractivity contribution in [2.45, 2.75) is 19.5 Å². The summed E-state index contributed by atoms with van der Waals surface area (Å²) in [6, 6.07) is 7.52. The van der Waals surface area contributed by atoms with Gasteiger partial charge in [0.15, 0.2) is 0 Å². The van der Waals surface area contributed by atoms with E-state index in [-0.39, 0.29) is 0 Å². The topological polar surface area (TPSA) is 18.5 Å². The van der Waals surface area contributed by atoms with Crippen molar-refractivity contribution in [2.24, 2.45) is 0 Å². The highest BCUT2D eigenvalue weighted by atomic mass is 79.9. The van der Waals surface area contributed by atoms with Crippen LogP contribution in [0, 0.1) is 6.92 Å². The van der Waals surface area contributed by atoms with Crippen LogP contribution in [-0.2, 0) is 6.54 Å². The molecule has 1 aromatic rings. The van der Waals surface area contributed by atoms with Crippen LogP contribution in [0.15, 0.2) is 22.7 Å². The Morgan fingerprint density at radius 1 is 1.21 bits per heavy atom. The SMILES string of the molecule is Cc1ccc(CN2CCN(C3CNC3)CC2)cc1Br. The van der Waals surface area contributed by atoms with Gasteiger partial charge >= 0.3 is 0 Å². The number of aryl methyl sites for hydroxylation is 1. The van der Waals surface area contributed by atoms with Gasteiger partial charge in [0.25, 0.3) is 0 Å². The average molecular weight is 324 g/mol. The van der Waals surface area contributed by atoms with Crippen LogP contribution in [0.3, 0.4) is 0 Å². The highest BCUT2D eigenvalue weighted by Gasteiger charge is 2.27. The molecule has 1 N–H and O–H groups in total. The standard InChI is InChI=1S/C15H22BrN3/c1-12-2-3-13(8-15(12)16)11-18-4-6-19(7-5-18)14-9-17-10-14/h2-3,8,14,17H,4-7,9-11H2,1H3. The van der Waals surface area contributed by atoms with Crippen molar-refractivity contribution in [3.63, 3.8) is 0 Å². The van der Waals surface area contributed by atoms with Gasteiger partial charge in [0.2, 0.25) is 0 Å². The summed E-state index contributed by atoms with van der Waals surface area (Å²) in [4.78, 5) is 5.21. The Morgan fingerprint density at radius 2 is 1.95 bits per heavy atom. The number of piperazine rings is 1. The quantitative estimate of drug-likeness (QED) is 0.915. The minimum absolute atomic E-state index is 0.802. The van der Waals surface area contributed by atoms with Gasteiger partial charge in [0.1, 0.15) is 0 Å². The number of halogens is 1. The Balaban J connectivity index is 1.52. The lowest BCUT2D eigenvalue weighted by atomic mass is 10.1. The fourth-order valence-electron chi connectivity index (χ4n) is 2.81. The maximum absolute atomic E-state index is 3.62. The number of nitrogens with one attached hydrogen (secondary N) is 1. The first-order valence-corrected chi connectivity index (χ1v) is 7.94. The van der Waals surface area contributed by atoms with E-state index in [9.17, 15) is 0 Å². The van der Waals surface area contributed by atoms with Crippen LogP contribution in [0.2, 0.25) is 0 Å². The summed E-state index contributed by atoms with van der Waals surface area (Å²) in [5.74, 6) is 0. The number of hydrogen-bond donors (Lipinski definition) is 1. The molecule has 4 heteroatoms. The van der Waals surface area contributed by atoms with E-state index in [2.05, 4.69) is 56.2 Å². The second-order valence-electron chi connectivity index (χ2n) is 5.71. The summed E-state index contributed by atoms with van der Waals surface area (Å²) in [5, 5.41) is 3.36. The van der Waals surface area contributed by atoms with Gasteiger partial charge < -0.3 is 5.32 Å². The molecule has 2 heterocycles. The summed E-state index contributed by atoms with van der Waals surface area (Å²) in [6.45, 7) is 10.4. The van der Waals surface area contributed by atoms with Crippen molar-refractivity contribution >= 4 is 15.9 Å². The minimum Gasteiger partial charge on any atom is -0.314 e. The lowest BCUT2D eigenvalue weighted by molar-refractivity contribution is 0.0695. The summed E-state index contributed by atoms with van der Waals surface area (Å²) in [7, 11) is 0. The van der Waals surface area contributed by atoms with Crippen LogP contribution >= 0.6 is 15.9 Å². The monoisotopic (exact) mass is 323 g/mol. The van der Waals surface area contributed by atoms with Crippen molar-refractivity contribution in [1.29, 1.82) is 0 Å². The molecule has 2 aliphatic heterocycles. The summed E-state index contributed by atoms with van der Waals surface area (Å²) < 4.78 is 1.23. The molecule has 3 nitrogen and oxygen atoms in total. The van der Waals surface area contributed by atoms with E-state index in [0.29, 0.717) is 0 Å². The Hall–Kier alpha value is -0.420. The average Bonchev–Trinajstić information content (AvgIpc) is 2.34. The highest BCUT2D eigenvalue weighted by Crippen LogP contribution is 2.19.